The molecule has 0 saturated carbocycles. The molecule has 0 radical (unpaired) electrons. The molecular formula is C18H19N5O2. The number of ether oxygens (including phenoxy) is 1. The largest absolute Gasteiger partial charge is 0.481 e. The quantitative estimate of drug-likeness (QED) is 0.785. The van der Waals surface area contributed by atoms with Crippen molar-refractivity contribution in [2.45, 2.75) is 25.9 Å². The lowest BCUT2D eigenvalue weighted by atomic mass is 10.0. The summed E-state index contributed by atoms with van der Waals surface area (Å²) in [6, 6.07) is 7.35. The molecular weight excluding hydrogens is 318 g/mol. The van der Waals surface area contributed by atoms with E-state index in [2.05, 4.69) is 24.8 Å². The van der Waals surface area contributed by atoms with Crippen molar-refractivity contribution in [2.24, 2.45) is 0 Å². The van der Waals surface area contributed by atoms with Gasteiger partial charge in [-0.3, -0.25) is 9.69 Å². The van der Waals surface area contributed by atoms with Crippen molar-refractivity contribution in [3.8, 4) is 5.88 Å². The van der Waals surface area contributed by atoms with E-state index in [4.69, 9.17) is 4.74 Å². The molecule has 7 nitrogen and oxygen atoms in total. The van der Waals surface area contributed by atoms with Gasteiger partial charge in [0.1, 0.15) is 12.2 Å². The van der Waals surface area contributed by atoms with Crippen LogP contribution in [0.4, 0.5) is 0 Å². The number of benzene rings is 1. The van der Waals surface area contributed by atoms with Crippen molar-refractivity contribution in [2.75, 3.05) is 13.7 Å². The first-order chi connectivity index (χ1) is 12.2. The van der Waals surface area contributed by atoms with Crippen molar-refractivity contribution in [1.29, 1.82) is 0 Å². The second-order valence-electron chi connectivity index (χ2n) is 6.17. The summed E-state index contributed by atoms with van der Waals surface area (Å²) in [7, 11) is 1.62. The number of aromatic amines is 1. The number of methoxy groups -OCH3 is 1. The normalized spacial score (nSPS) is 15.8. The van der Waals surface area contributed by atoms with Gasteiger partial charge in [0.25, 0.3) is 5.56 Å². The molecule has 1 atom stereocenters. The molecule has 0 amide bonds. The van der Waals surface area contributed by atoms with E-state index in [0.717, 1.165) is 24.2 Å². The van der Waals surface area contributed by atoms with E-state index in [-0.39, 0.29) is 11.6 Å². The van der Waals surface area contributed by atoms with Crippen LogP contribution in [0.25, 0.3) is 10.9 Å². The molecule has 25 heavy (non-hydrogen) atoms. The first-order valence-corrected chi connectivity index (χ1v) is 8.27. The Labute approximate surface area is 144 Å². The Morgan fingerprint density at radius 1 is 1.28 bits per heavy atom. The highest BCUT2D eigenvalue weighted by Crippen LogP contribution is 2.29. The predicted molar refractivity (Wildman–Crippen MR) is 93.5 cm³/mol. The molecule has 0 aliphatic carbocycles. The summed E-state index contributed by atoms with van der Waals surface area (Å²) in [5, 5.41) is 0.609. The van der Waals surface area contributed by atoms with Crippen molar-refractivity contribution in [3.63, 3.8) is 0 Å². The maximum absolute atomic E-state index is 12.3. The molecule has 4 rings (SSSR count). The highest BCUT2D eigenvalue weighted by atomic mass is 16.5. The van der Waals surface area contributed by atoms with Gasteiger partial charge in [-0.15, -0.1) is 0 Å². The smallest absolute Gasteiger partial charge is 0.258 e. The van der Waals surface area contributed by atoms with Crippen LogP contribution in [0.2, 0.25) is 0 Å². The lowest BCUT2D eigenvalue weighted by molar-refractivity contribution is 0.179. The van der Waals surface area contributed by atoms with Crippen LogP contribution in [0.5, 0.6) is 5.88 Å². The molecule has 1 unspecified atom stereocenters. The minimum absolute atomic E-state index is 0.0321. The van der Waals surface area contributed by atoms with Crippen molar-refractivity contribution < 1.29 is 4.74 Å². The van der Waals surface area contributed by atoms with E-state index in [0.29, 0.717) is 29.2 Å². The molecule has 1 N–H and O–H groups in total. The minimum Gasteiger partial charge on any atom is -0.481 e. The summed E-state index contributed by atoms with van der Waals surface area (Å²) in [5.74, 6) is 1.28. The second-order valence-corrected chi connectivity index (χ2v) is 6.17. The summed E-state index contributed by atoms with van der Waals surface area (Å²) in [4.78, 5) is 30.7. The van der Waals surface area contributed by atoms with Crippen LogP contribution in [-0.4, -0.2) is 38.5 Å². The zero-order valence-electron chi connectivity index (χ0n) is 14.2. The highest BCUT2D eigenvalue weighted by molar-refractivity contribution is 5.77. The second kappa shape index (κ2) is 6.25. The Morgan fingerprint density at radius 2 is 2.12 bits per heavy atom. The fourth-order valence-electron chi connectivity index (χ4n) is 3.32. The molecule has 1 aromatic carbocycles. The number of rotatable bonds is 3. The SMILES string of the molecule is COc1ncnc2c1CN(C(C)c1nc3ccccc3c(=O)[nH]1)CC2. The van der Waals surface area contributed by atoms with Crippen LogP contribution in [0.1, 0.15) is 30.0 Å². The highest BCUT2D eigenvalue weighted by Gasteiger charge is 2.26. The zero-order valence-corrected chi connectivity index (χ0v) is 14.2. The number of H-pyrrole nitrogens is 1. The van der Waals surface area contributed by atoms with Gasteiger partial charge in [-0.05, 0) is 19.1 Å². The topological polar surface area (TPSA) is 84.0 Å². The third-order valence-electron chi connectivity index (χ3n) is 4.76. The fraction of sp³-hybridized carbons (Fsp3) is 0.333. The van der Waals surface area contributed by atoms with Gasteiger partial charge in [0.15, 0.2) is 0 Å². The number of aromatic nitrogens is 4. The number of para-hydroxylation sites is 1. The van der Waals surface area contributed by atoms with Gasteiger partial charge in [-0.25, -0.2) is 15.0 Å². The number of nitrogens with one attached hydrogen (secondary N) is 1. The predicted octanol–water partition coefficient (Wildman–Crippen LogP) is 1.84. The van der Waals surface area contributed by atoms with Crippen LogP contribution >= 0.6 is 0 Å². The molecule has 2 aromatic heterocycles. The molecule has 3 aromatic rings. The van der Waals surface area contributed by atoms with Crippen LogP contribution in [-0.2, 0) is 13.0 Å². The summed E-state index contributed by atoms with van der Waals surface area (Å²) in [6.07, 6.45) is 2.36. The zero-order chi connectivity index (χ0) is 17.4. The van der Waals surface area contributed by atoms with Crippen LogP contribution in [0, 0.1) is 0 Å². The summed E-state index contributed by atoms with van der Waals surface area (Å²) < 4.78 is 5.37. The Kier molecular flexibility index (Phi) is 3.93. The summed E-state index contributed by atoms with van der Waals surface area (Å²) in [5.41, 5.74) is 2.64. The first-order valence-electron chi connectivity index (χ1n) is 8.27. The van der Waals surface area contributed by atoms with Crippen LogP contribution in [0.15, 0.2) is 35.4 Å². The van der Waals surface area contributed by atoms with E-state index in [1.54, 1.807) is 19.5 Å². The van der Waals surface area contributed by atoms with Gasteiger partial charge < -0.3 is 9.72 Å². The fourth-order valence-corrected chi connectivity index (χ4v) is 3.32. The van der Waals surface area contributed by atoms with Crippen molar-refractivity contribution in [3.05, 3.63) is 58.0 Å². The maximum Gasteiger partial charge on any atom is 0.258 e. The van der Waals surface area contributed by atoms with Crippen LogP contribution < -0.4 is 10.3 Å². The molecule has 0 spiro atoms. The number of hydrogen-bond acceptors (Lipinski definition) is 6. The van der Waals surface area contributed by atoms with Gasteiger partial charge >= 0.3 is 0 Å². The summed E-state index contributed by atoms with van der Waals surface area (Å²) >= 11 is 0. The Balaban J connectivity index is 1.68. The van der Waals surface area contributed by atoms with Gasteiger partial charge in [0, 0.05) is 25.1 Å². The third kappa shape index (κ3) is 2.76. The van der Waals surface area contributed by atoms with Crippen molar-refractivity contribution >= 4 is 10.9 Å². The van der Waals surface area contributed by atoms with Gasteiger partial charge in [-0.1, -0.05) is 12.1 Å². The molecule has 0 bridgehead atoms. The Hall–Kier alpha value is -2.80. The van der Waals surface area contributed by atoms with Crippen LogP contribution in [0.3, 0.4) is 0 Å². The monoisotopic (exact) mass is 337 g/mol. The molecule has 7 heteroatoms. The molecule has 0 saturated heterocycles. The molecule has 0 fully saturated rings. The van der Waals surface area contributed by atoms with Gasteiger partial charge in [0.2, 0.25) is 5.88 Å². The standard InChI is InChI=1S/C18H19N5O2/c1-11(16-21-15-6-4-3-5-12(15)17(24)22-16)23-8-7-14-13(9-23)18(25-2)20-10-19-14/h3-6,10-11H,7-9H2,1-2H3,(H,21,22,24). The maximum atomic E-state index is 12.3. The number of nitrogens with zero attached hydrogens (tertiary/aromatic N) is 4. The lowest BCUT2D eigenvalue weighted by Crippen LogP contribution is -2.35. The third-order valence-corrected chi connectivity index (χ3v) is 4.76. The number of hydrogen-bond donors (Lipinski definition) is 1. The van der Waals surface area contributed by atoms with Gasteiger partial charge in [-0.2, -0.15) is 0 Å². The van der Waals surface area contributed by atoms with E-state index in [1.807, 2.05) is 25.1 Å². The molecule has 3 heterocycles. The van der Waals surface area contributed by atoms with E-state index in [9.17, 15) is 4.79 Å². The molecule has 1 aliphatic rings. The average molecular weight is 337 g/mol. The Bertz CT molecular complexity index is 970. The minimum atomic E-state index is -0.106. The van der Waals surface area contributed by atoms with E-state index in [1.165, 1.54) is 0 Å². The molecule has 128 valence electrons. The first kappa shape index (κ1) is 15.7. The summed E-state index contributed by atoms with van der Waals surface area (Å²) in [6.45, 7) is 3.55. The Morgan fingerprint density at radius 3 is 2.96 bits per heavy atom. The average Bonchev–Trinajstić information content (AvgIpc) is 2.66. The van der Waals surface area contributed by atoms with E-state index < -0.39 is 0 Å². The van der Waals surface area contributed by atoms with Gasteiger partial charge in [0.05, 0.1) is 29.7 Å². The number of fused-ring (bicyclic) bond motifs is 2. The lowest BCUT2D eigenvalue weighted by Gasteiger charge is -2.32. The van der Waals surface area contributed by atoms with Crippen molar-refractivity contribution in [1.82, 2.24) is 24.8 Å². The van der Waals surface area contributed by atoms with E-state index >= 15 is 0 Å². The molecule has 1 aliphatic heterocycles.